The van der Waals surface area contributed by atoms with Gasteiger partial charge in [0.25, 0.3) is 0 Å². The number of sulfonamides is 1. The van der Waals surface area contributed by atoms with Crippen LogP contribution in [0.5, 0.6) is 0 Å². The average Bonchev–Trinajstić information content (AvgIpc) is 2.23. The fraction of sp³-hybridized carbons (Fsp3) is 0.444. The van der Waals surface area contributed by atoms with Crippen molar-refractivity contribution in [1.82, 2.24) is 18.4 Å². The van der Waals surface area contributed by atoms with E-state index in [0.29, 0.717) is 17.6 Å². The van der Waals surface area contributed by atoms with E-state index in [0.717, 1.165) is 7.05 Å². The Kier molecular flexibility index (Phi) is 4.86. The van der Waals surface area contributed by atoms with Crippen LogP contribution in [0.4, 0.5) is 10.7 Å². The highest BCUT2D eigenvalue weighted by atomic mass is 32.3. The highest BCUT2D eigenvalue weighted by molar-refractivity contribution is 8.03. The number of anilines is 1. The minimum Gasteiger partial charge on any atom is -0.275 e. The van der Waals surface area contributed by atoms with Gasteiger partial charge in [0, 0.05) is 18.4 Å². The molecule has 1 rings (SSSR count). The van der Waals surface area contributed by atoms with E-state index >= 15 is 0 Å². The number of nitrogens with one attached hydrogen (secondary N) is 2. The minimum absolute atomic E-state index is 0.0436. The third-order valence-corrected chi connectivity index (χ3v) is 5.69. The summed E-state index contributed by atoms with van der Waals surface area (Å²) in [5, 5.41) is 2.11. The molecule has 0 fully saturated rings. The molecule has 2 amide bonds. The normalized spacial score (nSPS) is 12.2. The van der Waals surface area contributed by atoms with Crippen molar-refractivity contribution in [3.63, 3.8) is 0 Å². The van der Waals surface area contributed by atoms with Crippen LogP contribution in [0.25, 0.3) is 0 Å². The van der Waals surface area contributed by atoms with Crippen LogP contribution in [-0.2, 0) is 20.2 Å². The molecule has 2 N–H and O–H groups in total. The van der Waals surface area contributed by atoms with Crippen LogP contribution in [0.15, 0.2) is 6.07 Å². The standard InChI is InChI=1S/C9H15N5O5S2/c1-6-5-7(2)11-8(10-6)12-9(15)13-21(18,19)14(3)20(4,16)17/h5H,1-4H3,(H2,10,11,12,13,15). The van der Waals surface area contributed by atoms with E-state index in [1.165, 1.54) is 4.72 Å². The number of carbonyl (C=O) groups is 1. The summed E-state index contributed by atoms with van der Waals surface area (Å²) in [5.74, 6) is -0.0952. The summed E-state index contributed by atoms with van der Waals surface area (Å²) in [6, 6.07) is 0.493. The van der Waals surface area contributed by atoms with Gasteiger partial charge in [-0.15, -0.1) is 0 Å². The maximum Gasteiger partial charge on any atom is 0.336 e. The molecule has 0 radical (unpaired) electrons. The lowest BCUT2D eigenvalue weighted by Gasteiger charge is -2.15. The molecule has 0 atom stereocenters. The van der Waals surface area contributed by atoms with Crippen molar-refractivity contribution >= 4 is 32.2 Å². The van der Waals surface area contributed by atoms with Gasteiger partial charge >= 0.3 is 16.2 Å². The maximum atomic E-state index is 11.6. The number of rotatable bonds is 4. The molecule has 0 saturated carbocycles. The molecule has 1 aromatic rings. The molecule has 1 aromatic heterocycles. The smallest absolute Gasteiger partial charge is 0.275 e. The largest absolute Gasteiger partial charge is 0.336 e. The number of carbonyl (C=O) groups excluding carboxylic acids is 1. The van der Waals surface area contributed by atoms with Gasteiger partial charge in [-0.1, -0.05) is 3.71 Å². The molecule has 0 saturated heterocycles. The Bertz CT molecular complexity index is 738. The summed E-state index contributed by atoms with van der Waals surface area (Å²) >= 11 is 0. The summed E-state index contributed by atoms with van der Waals surface area (Å²) in [7, 11) is -7.75. The van der Waals surface area contributed by atoms with E-state index < -0.39 is 26.3 Å². The van der Waals surface area contributed by atoms with Gasteiger partial charge in [-0.05, 0) is 19.9 Å². The summed E-state index contributed by atoms with van der Waals surface area (Å²) < 4.78 is 47.2. The Labute approximate surface area is 122 Å². The van der Waals surface area contributed by atoms with Crippen LogP contribution in [0.1, 0.15) is 11.4 Å². The zero-order valence-corrected chi connectivity index (χ0v) is 13.4. The van der Waals surface area contributed by atoms with Crippen molar-refractivity contribution < 1.29 is 21.6 Å². The molecular formula is C9H15N5O5S2. The highest BCUT2D eigenvalue weighted by Gasteiger charge is 2.28. The lowest BCUT2D eigenvalue weighted by atomic mass is 10.4. The molecule has 0 aliphatic carbocycles. The van der Waals surface area contributed by atoms with Crippen LogP contribution in [0, 0.1) is 13.8 Å². The molecule has 118 valence electrons. The van der Waals surface area contributed by atoms with E-state index in [1.54, 1.807) is 19.9 Å². The molecule has 0 aliphatic heterocycles. The van der Waals surface area contributed by atoms with Crippen LogP contribution >= 0.6 is 0 Å². The Morgan fingerprint density at radius 3 is 2.05 bits per heavy atom. The van der Waals surface area contributed by atoms with Gasteiger partial charge < -0.3 is 0 Å². The molecule has 0 unspecified atom stereocenters. The molecule has 21 heavy (non-hydrogen) atoms. The molecule has 0 aliphatic rings. The first kappa shape index (κ1) is 17.3. The fourth-order valence-corrected chi connectivity index (χ4v) is 3.22. The predicted molar refractivity (Wildman–Crippen MR) is 75.2 cm³/mol. The predicted octanol–water partition coefficient (Wildman–Crippen LogP) is -0.649. The number of aryl methyl sites for hydroxylation is 2. The van der Waals surface area contributed by atoms with Crippen molar-refractivity contribution in [3.05, 3.63) is 17.5 Å². The summed E-state index contributed by atoms with van der Waals surface area (Å²) in [6.45, 7) is 3.35. The van der Waals surface area contributed by atoms with Crippen molar-refractivity contribution in [2.24, 2.45) is 0 Å². The quantitative estimate of drug-likeness (QED) is 0.744. The van der Waals surface area contributed by atoms with Gasteiger partial charge in [-0.2, -0.15) is 8.42 Å². The SMILES string of the molecule is Cc1cc(C)nc(NC(=O)NS(=O)(=O)N(C)S(C)(=O)=O)n1. The van der Waals surface area contributed by atoms with Crippen LogP contribution in [-0.4, -0.2) is 49.8 Å². The molecule has 1 heterocycles. The average molecular weight is 337 g/mol. The lowest BCUT2D eigenvalue weighted by molar-refractivity contribution is 0.256. The van der Waals surface area contributed by atoms with Gasteiger partial charge in [0.15, 0.2) is 0 Å². The van der Waals surface area contributed by atoms with Gasteiger partial charge in [0.05, 0.1) is 6.26 Å². The van der Waals surface area contributed by atoms with E-state index in [4.69, 9.17) is 0 Å². The second kappa shape index (κ2) is 5.91. The second-order valence-corrected chi connectivity index (χ2v) is 8.13. The molecule has 0 bridgehead atoms. The van der Waals surface area contributed by atoms with E-state index in [2.05, 4.69) is 15.3 Å². The van der Waals surface area contributed by atoms with Crippen molar-refractivity contribution in [2.45, 2.75) is 13.8 Å². The third-order valence-electron chi connectivity index (χ3n) is 2.23. The van der Waals surface area contributed by atoms with Gasteiger partial charge in [-0.25, -0.2) is 27.9 Å². The molecule has 0 aromatic carbocycles. The Morgan fingerprint density at radius 2 is 1.62 bits per heavy atom. The van der Waals surface area contributed by atoms with Gasteiger partial charge in [-0.3, -0.25) is 5.32 Å². The zero-order chi connectivity index (χ0) is 16.4. The zero-order valence-electron chi connectivity index (χ0n) is 11.8. The first-order valence-electron chi connectivity index (χ1n) is 5.52. The Hall–Kier alpha value is -1.79. The summed E-state index contributed by atoms with van der Waals surface area (Å²) in [5.41, 5.74) is 1.16. The van der Waals surface area contributed by atoms with Crippen LogP contribution in [0.2, 0.25) is 0 Å². The second-order valence-electron chi connectivity index (χ2n) is 4.18. The number of hydrogen-bond donors (Lipinski definition) is 2. The lowest BCUT2D eigenvalue weighted by Crippen LogP contribution is -2.45. The number of amides is 2. The molecule has 0 spiro atoms. The topological polar surface area (TPSA) is 138 Å². The number of hydrogen-bond acceptors (Lipinski definition) is 7. The summed E-state index contributed by atoms with van der Waals surface area (Å²) in [6.07, 6.45) is 0.692. The van der Waals surface area contributed by atoms with Crippen molar-refractivity contribution in [2.75, 3.05) is 18.6 Å². The monoisotopic (exact) mass is 337 g/mol. The first-order valence-corrected chi connectivity index (χ1v) is 8.81. The molecule has 12 heteroatoms. The highest BCUT2D eigenvalue weighted by Crippen LogP contribution is 2.05. The number of nitrogens with zero attached hydrogens (tertiary/aromatic N) is 3. The van der Waals surface area contributed by atoms with Gasteiger partial charge in [0.1, 0.15) is 0 Å². The van der Waals surface area contributed by atoms with E-state index in [9.17, 15) is 21.6 Å². The van der Waals surface area contributed by atoms with Gasteiger partial charge in [0.2, 0.25) is 16.0 Å². The van der Waals surface area contributed by atoms with E-state index in [-0.39, 0.29) is 9.66 Å². The maximum absolute atomic E-state index is 11.6. The van der Waals surface area contributed by atoms with Crippen molar-refractivity contribution in [3.8, 4) is 0 Å². The summed E-state index contributed by atoms with van der Waals surface area (Å²) in [4.78, 5) is 19.4. The Balaban J connectivity index is 2.87. The van der Waals surface area contributed by atoms with Crippen molar-refractivity contribution in [1.29, 1.82) is 0 Å². The minimum atomic E-state index is -4.53. The molecule has 10 nitrogen and oxygen atoms in total. The third kappa shape index (κ3) is 4.91. The molecular weight excluding hydrogens is 322 g/mol. The number of aromatic nitrogens is 2. The first-order chi connectivity index (χ1) is 9.41. The van der Waals surface area contributed by atoms with E-state index in [1.807, 2.05) is 0 Å². The van der Waals surface area contributed by atoms with Crippen LogP contribution in [0.3, 0.4) is 0 Å². The fourth-order valence-electron chi connectivity index (χ4n) is 1.27. The Morgan fingerprint density at radius 1 is 1.14 bits per heavy atom. The van der Waals surface area contributed by atoms with Crippen LogP contribution < -0.4 is 10.0 Å². The number of urea groups is 1.